The molecule has 0 heterocycles. The van der Waals surface area contributed by atoms with E-state index in [1.807, 2.05) is 25.2 Å². The van der Waals surface area contributed by atoms with E-state index in [0.717, 1.165) is 34.7 Å². The Kier molecular flexibility index (Phi) is 5.36. The van der Waals surface area contributed by atoms with Gasteiger partial charge in [0.25, 0.3) is 0 Å². The quantitative estimate of drug-likeness (QED) is 0.824. The van der Waals surface area contributed by atoms with Gasteiger partial charge in [0.05, 0.1) is 0 Å². The molecule has 1 rings (SSSR count). The van der Waals surface area contributed by atoms with E-state index in [2.05, 4.69) is 18.3 Å². The van der Waals surface area contributed by atoms with Crippen molar-refractivity contribution in [2.45, 2.75) is 19.8 Å². The molecular formula is C13H19ClN2. The van der Waals surface area contributed by atoms with Crippen LogP contribution in [0.2, 0.25) is 5.02 Å². The predicted octanol–water partition coefficient (Wildman–Crippen LogP) is 3.52. The zero-order valence-electron chi connectivity index (χ0n) is 9.89. The summed E-state index contributed by atoms with van der Waals surface area (Å²) in [7, 11) is 1.90. The topological polar surface area (TPSA) is 38.0 Å². The van der Waals surface area contributed by atoms with Crippen molar-refractivity contribution < 1.29 is 0 Å². The summed E-state index contributed by atoms with van der Waals surface area (Å²) in [6.45, 7) is 2.69. The minimum atomic E-state index is 0.537. The molecule has 0 spiro atoms. The number of rotatable bonds is 5. The van der Waals surface area contributed by atoms with Crippen molar-refractivity contribution in [3.8, 4) is 0 Å². The van der Waals surface area contributed by atoms with Gasteiger partial charge in [0.1, 0.15) is 0 Å². The smallest absolute Gasteiger partial charge is 0.0415 e. The van der Waals surface area contributed by atoms with Crippen molar-refractivity contribution in [3.05, 3.63) is 34.9 Å². The van der Waals surface area contributed by atoms with Crippen LogP contribution in [0.15, 0.2) is 24.3 Å². The molecule has 0 amide bonds. The van der Waals surface area contributed by atoms with Crippen LogP contribution in [0.1, 0.15) is 25.3 Å². The molecule has 0 aliphatic rings. The second-order valence-corrected chi connectivity index (χ2v) is 4.10. The summed E-state index contributed by atoms with van der Waals surface area (Å²) in [5.41, 5.74) is 9.10. The summed E-state index contributed by atoms with van der Waals surface area (Å²) >= 11 is 6.01. The molecule has 1 aromatic carbocycles. The Hall–Kier alpha value is -0.990. The third-order valence-electron chi connectivity index (χ3n) is 2.50. The van der Waals surface area contributed by atoms with E-state index in [1.54, 1.807) is 0 Å². The lowest BCUT2D eigenvalue weighted by Gasteiger charge is -2.12. The normalized spacial score (nSPS) is 11.6. The minimum absolute atomic E-state index is 0.537. The highest BCUT2D eigenvalue weighted by Crippen LogP contribution is 2.27. The summed E-state index contributed by atoms with van der Waals surface area (Å²) in [6.07, 6.45) is 4.35. The van der Waals surface area contributed by atoms with Gasteiger partial charge < -0.3 is 11.1 Å². The Morgan fingerprint density at radius 3 is 2.81 bits per heavy atom. The second-order valence-electron chi connectivity index (χ2n) is 3.66. The highest BCUT2D eigenvalue weighted by atomic mass is 35.5. The first-order valence-electron chi connectivity index (χ1n) is 5.59. The average molecular weight is 239 g/mol. The summed E-state index contributed by atoms with van der Waals surface area (Å²) in [5.74, 6) is 0. The van der Waals surface area contributed by atoms with Gasteiger partial charge in [0, 0.05) is 29.9 Å². The molecule has 2 nitrogen and oxygen atoms in total. The van der Waals surface area contributed by atoms with Crippen molar-refractivity contribution >= 4 is 22.9 Å². The Morgan fingerprint density at radius 1 is 1.50 bits per heavy atom. The monoisotopic (exact) mass is 238 g/mol. The molecule has 3 heteroatoms. The van der Waals surface area contributed by atoms with E-state index in [-0.39, 0.29) is 0 Å². The van der Waals surface area contributed by atoms with Crippen LogP contribution in [-0.2, 0) is 0 Å². The number of allylic oxidation sites excluding steroid dienone is 1. The average Bonchev–Trinajstić information content (AvgIpc) is 2.30. The molecule has 0 aliphatic heterocycles. The molecule has 16 heavy (non-hydrogen) atoms. The zero-order chi connectivity index (χ0) is 12.0. The number of benzene rings is 1. The van der Waals surface area contributed by atoms with Crippen LogP contribution in [0.3, 0.4) is 0 Å². The van der Waals surface area contributed by atoms with Gasteiger partial charge in [0.2, 0.25) is 0 Å². The fourth-order valence-corrected chi connectivity index (χ4v) is 1.79. The molecular weight excluding hydrogens is 220 g/mol. The first kappa shape index (κ1) is 13.1. The number of unbranched alkanes of at least 4 members (excludes halogenated alkanes) is 1. The number of hydrogen-bond donors (Lipinski definition) is 2. The van der Waals surface area contributed by atoms with Crippen LogP contribution < -0.4 is 11.1 Å². The van der Waals surface area contributed by atoms with E-state index in [9.17, 15) is 0 Å². The molecule has 0 radical (unpaired) electrons. The lowest BCUT2D eigenvalue weighted by molar-refractivity contribution is 0.956. The molecule has 1 aromatic rings. The standard InChI is InChI=1S/C13H19ClN2/c1-3-4-5-10(9-15)12-8-11(14)6-7-13(12)16-2/h5-8,16H,3-4,9,15H2,1-2H3/b10-5-. The van der Waals surface area contributed by atoms with Gasteiger partial charge in [-0.1, -0.05) is 31.0 Å². The maximum absolute atomic E-state index is 6.01. The van der Waals surface area contributed by atoms with Crippen molar-refractivity contribution in [3.63, 3.8) is 0 Å². The summed E-state index contributed by atoms with van der Waals surface area (Å²) in [4.78, 5) is 0. The summed E-state index contributed by atoms with van der Waals surface area (Å²) < 4.78 is 0. The zero-order valence-corrected chi connectivity index (χ0v) is 10.6. The number of nitrogens with two attached hydrogens (primary N) is 1. The first-order chi connectivity index (χ1) is 7.72. The third kappa shape index (κ3) is 3.26. The van der Waals surface area contributed by atoms with Crippen LogP contribution in [0.25, 0.3) is 5.57 Å². The van der Waals surface area contributed by atoms with E-state index in [0.29, 0.717) is 6.54 Å². The fraction of sp³-hybridized carbons (Fsp3) is 0.385. The van der Waals surface area contributed by atoms with Gasteiger partial charge in [-0.15, -0.1) is 0 Å². The number of hydrogen-bond acceptors (Lipinski definition) is 2. The van der Waals surface area contributed by atoms with Gasteiger partial charge in [-0.05, 0) is 30.2 Å². The van der Waals surface area contributed by atoms with Gasteiger partial charge in [-0.3, -0.25) is 0 Å². The van der Waals surface area contributed by atoms with Gasteiger partial charge in [-0.25, -0.2) is 0 Å². The van der Waals surface area contributed by atoms with Gasteiger partial charge >= 0.3 is 0 Å². The third-order valence-corrected chi connectivity index (χ3v) is 2.73. The van der Waals surface area contributed by atoms with Crippen LogP contribution in [0, 0.1) is 0 Å². The molecule has 0 aromatic heterocycles. The molecule has 0 aliphatic carbocycles. The first-order valence-corrected chi connectivity index (χ1v) is 5.97. The summed E-state index contributed by atoms with van der Waals surface area (Å²) in [6, 6.07) is 5.82. The lowest BCUT2D eigenvalue weighted by Crippen LogP contribution is -2.05. The molecule has 0 saturated heterocycles. The number of halogens is 1. The Morgan fingerprint density at radius 2 is 2.25 bits per heavy atom. The van der Waals surface area contributed by atoms with Crippen LogP contribution in [-0.4, -0.2) is 13.6 Å². The lowest BCUT2D eigenvalue weighted by atomic mass is 10.0. The molecule has 88 valence electrons. The maximum Gasteiger partial charge on any atom is 0.0415 e. The Labute approximate surface area is 102 Å². The van der Waals surface area contributed by atoms with E-state index in [4.69, 9.17) is 17.3 Å². The molecule has 0 bridgehead atoms. The molecule has 0 saturated carbocycles. The minimum Gasteiger partial charge on any atom is -0.388 e. The Balaban J connectivity index is 3.12. The van der Waals surface area contributed by atoms with E-state index >= 15 is 0 Å². The fourth-order valence-electron chi connectivity index (χ4n) is 1.62. The van der Waals surface area contributed by atoms with Crippen LogP contribution in [0.5, 0.6) is 0 Å². The highest BCUT2D eigenvalue weighted by molar-refractivity contribution is 6.30. The molecule has 0 fully saturated rings. The molecule has 0 atom stereocenters. The SMILES string of the molecule is CCC/C=C(/CN)c1cc(Cl)ccc1NC. The van der Waals surface area contributed by atoms with Crippen LogP contribution in [0.4, 0.5) is 5.69 Å². The van der Waals surface area contributed by atoms with Crippen molar-refractivity contribution in [2.24, 2.45) is 5.73 Å². The number of nitrogens with one attached hydrogen (secondary N) is 1. The van der Waals surface area contributed by atoms with Crippen molar-refractivity contribution in [1.29, 1.82) is 0 Å². The van der Waals surface area contributed by atoms with Gasteiger partial charge in [-0.2, -0.15) is 0 Å². The largest absolute Gasteiger partial charge is 0.388 e. The molecule has 3 N–H and O–H groups in total. The summed E-state index contributed by atoms with van der Waals surface area (Å²) in [5, 5.41) is 3.90. The van der Waals surface area contributed by atoms with Gasteiger partial charge in [0.15, 0.2) is 0 Å². The second kappa shape index (κ2) is 6.56. The predicted molar refractivity (Wildman–Crippen MR) is 72.9 cm³/mol. The van der Waals surface area contributed by atoms with Crippen molar-refractivity contribution in [1.82, 2.24) is 0 Å². The molecule has 0 unspecified atom stereocenters. The number of anilines is 1. The Bertz CT molecular complexity index is 372. The van der Waals surface area contributed by atoms with E-state index < -0.39 is 0 Å². The van der Waals surface area contributed by atoms with Crippen LogP contribution >= 0.6 is 11.6 Å². The maximum atomic E-state index is 6.01. The van der Waals surface area contributed by atoms with E-state index in [1.165, 1.54) is 0 Å². The highest BCUT2D eigenvalue weighted by Gasteiger charge is 2.06. The van der Waals surface area contributed by atoms with Crippen molar-refractivity contribution in [2.75, 3.05) is 18.9 Å².